The topological polar surface area (TPSA) is 61.9 Å². The second-order valence-corrected chi connectivity index (χ2v) is 10.2. The van der Waals surface area contributed by atoms with Crippen LogP contribution in [0.5, 0.6) is 0 Å². The van der Waals surface area contributed by atoms with E-state index in [9.17, 15) is 9.59 Å². The van der Waals surface area contributed by atoms with E-state index in [-0.39, 0.29) is 23.1 Å². The molecule has 5 rings (SSSR count). The van der Waals surface area contributed by atoms with E-state index < -0.39 is 0 Å². The lowest BCUT2D eigenvalue weighted by Crippen LogP contribution is -2.40. The van der Waals surface area contributed by atoms with Gasteiger partial charge in [-0.15, -0.1) is 0 Å². The van der Waals surface area contributed by atoms with E-state index in [1.54, 1.807) is 0 Å². The Hall–Kier alpha value is -2.34. The number of allylic oxidation sites excluding steroid dienone is 1. The van der Waals surface area contributed by atoms with Crippen molar-refractivity contribution in [3.63, 3.8) is 0 Å². The van der Waals surface area contributed by atoms with Gasteiger partial charge in [-0.05, 0) is 81.0 Å². The number of nitrogens with one attached hydrogen (secondary N) is 1. The molecule has 0 aromatic heterocycles. The summed E-state index contributed by atoms with van der Waals surface area (Å²) in [5.74, 6) is 0.480. The molecule has 3 fully saturated rings. The van der Waals surface area contributed by atoms with Crippen molar-refractivity contribution in [2.24, 2.45) is 11.3 Å². The molecule has 6 heteroatoms. The molecule has 2 amide bonds. The third-order valence-corrected chi connectivity index (χ3v) is 8.17. The smallest absolute Gasteiger partial charge is 0.253 e. The Morgan fingerprint density at radius 3 is 2.48 bits per heavy atom. The van der Waals surface area contributed by atoms with E-state index in [2.05, 4.69) is 28.4 Å². The molecule has 1 atom stereocenters. The normalized spacial score (nSPS) is 24.4. The molecule has 1 aromatic rings. The number of benzene rings is 1. The molecule has 4 aliphatic rings. The number of carbonyl (C=O) groups is 2. The zero-order valence-corrected chi connectivity index (χ0v) is 19.7. The lowest BCUT2D eigenvalue weighted by atomic mass is 9.90. The number of hydrogen-bond donors (Lipinski definition) is 1. The lowest BCUT2D eigenvalue weighted by Gasteiger charge is -2.33. The number of amides is 2. The van der Waals surface area contributed by atoms with Crippen molar-refractivity contribution in [1.82, 2.24) is 10.2 Å². The molecule has 2 heterocycles. The molecular weight excluding hydrogens is 414 g/mol. The summed E-state index contributed by atoms with van der Waals surface area (Å²) >= 11 is 0. The summed E-state index contributed by atoms with van der Waals surface area (Å²) in [5, 5.41) is 3.18. The summed E-state index contributed by atoms with van der Waals surface area (Å²) in [7, 11) is 0. The Kier molecular flexibility index (Phi) is 6.72. The first kappa shape index (κ1) is 22.5. The maximum absolute atomic E-state index is 13.0. The quantitative estimate of drug-likeness (QED) is 0.669. The first-order valence-corrected chi connectivity index (χ1v) is 12.8. The maximum Gasteiger partial charge on any atom is 0.253 e. The molecule has 2 aliphatic carbocycles. The summed E-state index contributed by atoms with van der Waals surface area (Å²) in [6.07, 6.45) is 11.2. The lowest BCUT2D eigenvalue weighted by molar-refractivity contribution is -0.123. The Labute approximate surface area is 197 Å². The van der Waals surface area contributed by atoms with Gasteiger partial charge in [-0.2, -0.15) is 0 Å². The fraction of sp³-hybridized carbons (Fsp3) is 0.630. The molecule has 1 N–H and O–H groups in total. The fourth-order valence-corrected chi connectivity index (χ4v) is 5.85. The summed E-state index contributed by atoms with van der Waals surface area (Å²) < 4.78 is 5.42. The number of piperidine rings is 1. The number of nitrogens with zero attached hydrogens (tertiary/aromatic N) is 2. The molecule has 2 aliphatic heterocycles. The van der Waals surface area contributed by atoms with Crippen molar-refractivity contribution in [3.05, 3.63) is 41.5 Å². The van der Waals surface area contributed by atoms with E-state index in [0.29, 0.717) is 0 Å². The zero-order chi connectivity index (χ0) is 22.7. The van der Waals surface area contributed by atoms with Gasteiger partial charge < -0.3 is 19.9 Å². The summed E-state index contributed by atoms with van der Waals surface area (Å²) in [6, 6.07) is 8.00. The predicted octanol–water partition coefficient (Wildman–Crippen LogP) is 3.77. The van der Waals surface area contributed by atoms with Crippen molar-refractivity contribution in [1.29, 1.82) is 0 Å². The van der Waals surface area contributed by atoms with Gasteiger partial charge in [-0.3, -0.25) is 9.59 Å². The van der Waals surface area contributed by atoms with Crippen LogP contribution in [0.15, 0.2) is 35.9 Å². The molecule has 1 spiro atoms. The van der Waals surface area contributed by atoms with Gasteiger partial charge in [0.2, 0.25) is 5.91 Å². The monoisotopic (exact) mass is 451 g/mol. The average Bonchev–Trinajstić information content (AvgIpc) is 3.58. The van der Waals surface area contributed by atoms with Crippen LogP contribution in [0.4, 0.5) is 5.69 Å². The number of carbonyl (C=O) groups excluding carboxylic acids is 2. The second-order valence-electron chi connectivity index (χ2n) is 10.2. The highest BCUT2D eigenvalue weighted by atomic mass is 16.5. The van der Waals surface area contributed by atoms with Crippen LogP contribution in [0.2, 0.25) is 0 Å². The van der Waals surface area contributed by atoms with Crippen LogP contribution >= 0.6 is 0 Å². The predicted molar refractivity (Wildman–Crippen MR) is 129 cm³/mol. The van der Waals surface area contributed by atoms with Crippen molar-refractivity contribution in [2.75, 3.05) is 50.8 Å². The van der Waals surface area contributed by atoms with Gasteiger partial charge in [-0.25, -0.2) is 0 Å². The number of likely N-dealkylation sites (tertiary alicyclic amines) is 1. The Bertz CT molecular complexity index is 880. The number of morpholine rings is 1. The van der Waals surface area contributed by atoms with Crippen LogP contribution in [-0.4, -0.2) is 62.7 Å². The number of ether oxygens (including phenoxy) is 1. The van der Waals surface area contributed by atoms with Crippen LogP contribution in [0.3, 0.4) is 0 Å². The summed E-state index contributed by atoms with van der Waals surface area (Å²) in [4.78, 5) is 30.0. The molecule has 178 valence electrons. The van der Waals surface area contributed by atoms with Crippen molar-refractivity contribution in [3.8, 4) is 0 Å². The van der Waals surface area contributed by atoms with E-state index in [0.717, 1.165) is 82.9 Å². The van der Waals surface area contributed by atoms with Crippen molar-refractivity contribution < 1.29 is 14.3 Å². The summed E-state index contributed by atoms with van der Waals surface area (Å²) in [5.41, 5.74) is 3.55. The van der Waals surface area contributed by atoms with E-state index in [4.69, 9.17) is 4.74 Å². The highest BCUT2D eigenvalue weighted by Gasteiger charge is 2.58. The molecule has 1 saturated carbocycles. The number of anilines is 1. The molecule has 0 bridgehead atoms. The van der Waals surface area contributed by atoms with Crippen LogP contribution in [0.1, 0.15) is 61.7 Å². The molecular formula is C27H37N3O3. The minimum absolute atomic E-state index is 0.112. The van der Waals surface area contributed by atoms with Crippen LogP contribution in [0, 0.1) is 11.3 Å². The van der Waals surface area contributed by atoms with E-state index in [1.807, 2.05) is 17.0 Å². The Morgan fingerprint density at radius 2 is 1.79 bits per heavy atom. The molecule has 33 heavy (non-hydrogen) atoms. The minimum Gasteiger partial charge on any atom is -0.378 e. The first-order chi connectivity index (χ1) is 16.1. The van der Waals surface area contributed by atoms with Gasteiger partial charge in [0.15, 0.2) is 0 Å². The van der Waals surface area contributed by atoms with Gasteiger partial charge in [0, 0.05) is 49.9 Å². The van der Waals surface area contributed by atoms with Crippen LogP contribution < -0.4 is 10.2 Å². The van der Waals surface area contributed by atoms with Gasteiger partial charge in [0.05, 0.1) is 13.2 Å². The van der Waals surface area contributed by atoms with Gasteiger partial charge in [0.1, 0.15) is 0 Å². The largest absolute Gasteiger partial charge is 0.378 e. The van der Waals surface area contributed by atoms with Gasteiger partial charge in [0.25, 0.3) is 5.91 Å². The Balaban J connectivity index is 1.07. The number of hydrogen-bond acceptors (Lipinski definition) is 4. The fourth-order valence-electron chi connectivity index (χ4n) is 5.85. The standard InChI is InChI=1S/C27H37N3O3/c31-25(28-13-10-21-4-2-1-3-5-21)24-20-27(24)11-14-30(15-12-27)26(32)22-6-8-23(9-7-22)29-16-18-33-19-17-29/h4,6-9,24H,1-3,5,10-20H2,(H,28,31). The Morgan fingerprint density at radius 1 is 1.03 bits per heavy atom. The second kappa shape index (κ2) is 9.88. The molecule has 1 aromatic carbocycles. The third-order valence-electron chi connectivity index (χ3n) is 8.17. The van der Waals surface area contributed by atoms with Crippen molar-refractivity contribution in [2.45, 2.75) is 51.4 Å². The van der Waals surface area contributed by atoms with Crippen LogP contribution in [0.25, 0.3) is 0 Å². The number of rotatable bonds is 6. The molecule has 6 nitrogen and oxygen atoms in total. The van der Waals surface area contributed by atoms with E-state index in [1.165, 1.54) is 31.3 Å². The highest BCUT2D eigenvalue weighted by Crippen LogP contribution is 2.59. The highest BCUT2D eigenvalue weighted by molar-refractivity contribution is 5.94. The van der Waals surface area contributed by atoms with Gasteiger partial charge >= 0.3 is 0 Å². The SMILES string of the molecule is O=C(NCCC1=CCCCC1)C1CC12CCN(C(=O)c1ccc(N3CCOCC3)cc1)CC2. The van der Waals surface area contributed by atoms with Crippen LogP contribution in [-0.2, 0) is 9.53 Å². The molecule has 2 saturated heterocycles. The van der Waals surface area contributed by atoms with Crippen molar-refractivity contribution >= 4 is 17.5 Å². The van der Waals surface area contributed by atoms with E-state index >= 15 is 0 Å². The molecule has 0 radical (unpaired) electrons. The third kappa shape index (κ3) is 5.11. The molecule has 1 unspecified atom stereocenters. The van der Waals surface area contributed by atoms with Gasteiger partial charge in [-0.1, -0.05) is 11.6 Å². The maximum atomic E-state index is 13.0. The first-order valence-electron chi connectivity index (χ1n) is 12.8. The average molecular weight is 452 g/mol. The minimum atomic E-state index is 0.112. The summed E-state index contributed by atoms with van der Waals surface area (Å²) in [6.45, 7) is 5.58. The zero-order valence-electron chi connectivity index (χ0n) is 19.7.